The van der Waals surface area contributed by atoms with Gasteiger partial charge in [-0.3, -0.25) is 6.08 Å². The van der Waals surface area contributed by atoms with Crippen molar-refractivity contribution in [1.29, 1.82) is 0 Å². The van der Waals surface area contributed by atoms with Gasteiger partial charge in [0.2, 0.25) is 0 Å². The molecule has 0 heterocycles. The quantitative estimate of drug-likeness (QED) is 0.736. The van der Waals surface area contributed by atoms with Crippen molar-refractivity contribution in [3.63, 3.8) is 0 Å². The van der Waals surface area contributed by atoms with E-state index in [0.717, 1.165) is 6.42 Å². The molecule has 0 aliphatic heterocycles. The molecule has 0 atom stereocenters. The van der Waals surface area contributed by atoms with Crippen LogP contribution < -0.4 is 0 Å². The standard InChI is InChI=1S/C15H19.Zr/c1-3-6-12-10-14-8-5-9-15(14)11-13(12)7-4-2;/h8,10-11H,3-4,6-7,9H2,1-2H3;/q-1;. The molecule has 84 valence electrons. The van der Waals surface area contributed by atoms with Crippen molar-refractivity contribution in [2.24, 2.45) is 0 Å². The van der Waals surface area contributed by atoms with Crippen LogP contribution in [0.4, 0.5) is 0 Å². The Bertz CT molecular complexity index is 377. The van der Waals surface area contributed by atoms with E-state index in [9.17, 15) is 0 Å². The first-order valence-electron chi connectivity index (χ1n) is 6.06. The second-order valence-corrected chi connectivity index (χ2v) is 4.34. The third-order valence-corrected chi connectivity index (χ3v) is 3.05. The summed E-state index contributed by atoms with van der Waals surface area (Å²) in [6.07, 6.45) is 11.4. The van der Waals surface area contributed by atoms with Crippen molar-refractivity contribution < 1.29 is 26.2 Å². The molecule has 1 aliphatic rings. The van der Waals surface area contributed by atoms with Crippen LogP contribution in [0.15, 0.2) is 12.1 Å². The van der Waals surface area contributed by atoms with Crippen LogP contribution in [-0.4, -0.2) is 0 Å². The van der Waals surface area contributed by atoms with Gasteiger partial charge >= 0.3 is 0 Å². The zero-order valence-electron chi connectivity index (χ0n) is 10.3. The third kappa shape index (κ3) is 2.95. The average molecular weight is 291 g/mol. The topological polar surface area (TPSA) is 0 Å². The molecular weight excluding hydrogens is 271 g/mol. The van der Waals surface area contributed by atoms with Gasteiger partial charge in [0, 0.05) is 26.2 Å². The van der Waals surface area contributed by atoms with Crippen LogP contribution in [0, 0.1) is 6.08 Å². The summed E-state index contributed by atoms with van der Waals surface area (Å²) >= 11 is 0. The van der Waals surface area contributed by atoms with Crippen molar-refractivity contribution in [3.8, 4) is 0 Å². The average Bonchev–Trinajstić information content (AvgIpc) is 2.66. The maximum atomic E-state index is 3.30. The number of hydrogen-bond acceptors (Lipinski definition) is 0. The second kappa shape index (κ2) is 6.55. The van der Waals surface area contributed by atoms with Crippen LogP contribution in [0.2, 0.25) is 0 Å². The van der Waals surface area contributed by atoms with Crippen LogP contribution >= 0.6 is 0 Å². The van der Waals surface area contributed by atoms with E-state index >= 15 is 0 Å². The summed E-state index contributed by atoms with van der Waals surface area (Å²) in [5.74, 6) is 0. The van der Waals surface area contributed by atoms with E-state index in [4.69, 9.17) is 0 Å². The number of aryl methyl sites for hydroxylation is 2. The van der Waals surface area contributed by atoms with E-state index < -0.39 is 0 Å². The molecular formula is C15H19Zr-. The van der Waals surface area contributed by atoms with E-state index in [2.05, 4.69) is 38.1 Å². The molecule has 0 bridgehead atoms. The fraction of sp³-hybridized carbons (Fsp3) is 0.467. The molecule has 0 radical (unpaired) electrons. The number of hydrogen-bond donors (Lipinski definition) is 0. The molecule has 0 N–H and O–H groups in total. The minimum absolute atomic E-state index is 0. The Morgan fingerprint density at radius 1 is 1.06 bits per heavy atom. The van der Waals surface area contributed by atoms with Crippen LogP contribution in [0.25, 0.3) is 6.08 Å². The predicted octanol–water partition coefficient (Wildman–Crippen LogP) is 3.96. The van der Waals surface area contributed by atoms with Gasteiger partial charge in [-0.2, -0.15) is 5.56 Å². The van der Waals surface area contributed by atoms with Crippen LogP contribution in [0.5, 0.6) is 0 Å². The fourth-order valence-electron chi connectivity index (χ4n) is 2.32. The van der Waals surface area contributed by atoms with E-state index in [-0.39, 0.29) is 26.2 Å². The largest absolute Gasteiger partial charge is 0.272 e. The molecule has 0 fully saturated rings. The van der Waals surface area contributed by atoms with Gasteiger partial charge in [0.05, 0.1) is 0 Å². The van der Waals surface area contributed by atoms with E-state index in [0.29, 0.717) is 0 Å². The summed E-state index contributed by atoms with van der Waals surface area (Å²) < 4.78 is 0. The fourth-order valence-corrected chi connectivity index (χ4v) is 2.32. The molecule has 0 nitrogen and oxygen atoms in total. The predicted molar refractivity (Wildman–Crippen MR) is 65.8 cm³/mol. The van der Waals surface area contributed by atoms with Crippen LogP contribution in [0.3, 0.4) is 0 Å². The van der Waals surface area contributed by atoms with Gasteiger partial charge in [0.1, 0.15) is 0 Å². The van der Waals surface area contributed by atoms with E-state index in [1.54, 1.807) is 11.1 Å². The Morgan fingerprint density at radius 2 is 1.69 bits per heavy atom. The van der Waals surface area contributed by atoms with Crippen molar-refractivity contribution in [2.75, 3.05) is 0 Å². The maximum absolute atomic E-state index is 3.30. The summed E-state index contributed by atoms with van der Waals surface area (Å²) in [7, 11) is 0. The van der Waals surface area contributed by atoms with Gasteiger partial charge in [0.25, 0.3) is 0 Å². The third-order valence-electron chi connectivity index (χ3n) is 3.05. The normalized spacial score (nSPS) is 12.4. The molecule has 0 unspecified atom stereocenters. The molecule has 1 aliphatic carbocycles. The smallest absolute Gasteiger partial charge is 0 e. The first-order valence-corrected chi connectivity index (χ1v) is 6.06. The minimum atomic E-state index is 0. The molecule has 0 amide bonds. The van der Waals surface area contributed by atoms with E-state index in [1.807, 2.05) is 0 Å². The molecule has 2 rings (SSSR count). The van der Waals surface area contributed by atoms with Gasteiger partial charge in [-0.05, 0) is 18.4 Å². The van der Waals surface area contributed by atoms with Gasteiger partial charge in [-0.1, -0.05) is 38.3 Å². The summed E-state index contributed by atoms with van der Waals surface area (Å²) in [6.45, 7) is 4.51. The first kappa shape index (κ1) is 13.9. The molecule has 0 aromatic heterocycles. The Morgan fingerprint density at radius 3 is 2.31 bits per heavy atom. The number of rotatable bonds is 4. The van der Waals surface area contributed by atoms with Crippen LogP contribution in [-0.2, 0) is 45.5 Å². The molecule has 0 saturated heterocycles. The molecule has 0 saturated carbocycles. The summed E-state index contributed by atoms with van der Waals surface area (Å²) in [4.78, 5) is 0. The summed E-state index contributed by atoms with van der Waals surface area (Å²) in [6, 6.07) is 4.78. The van der Waals surface area contributed by atoms with Gasteiger partial charge < -0.3 is 0 Å². The zero-order valence-corrected chi connectivity index (χ0v) is 12.7. The molecule has 1 heteroatoms. The Labute approximate surface area is 118 Å². The van der Waals surface area contributed by atoms with Crippen molar-refractivity contribution >= 4 is 6.08 Å². The van der Waals surface area contributed by atoms with Crippen molar-refractivity contribution in [2.45, 2.75) is 46.0 Å². The second-order valence-electron chi connectivity index (χ2n) is 4.34. The van der Waals surface area contributed by atoms with Crippen molar-refractivity contribution in [1.82, 2.24) is 0 Å². The number of fused-ring (bicyclic) bond motifs is 1. The maximum Gasteiger partial charge on any atom is 0 e. The minimum Gasteiger partial charge on any atom is -0.272 e. The van der Waals surface area contributed by atoms with Crippen LogP contribution in [0.1, 0.15) is 48.9 Å². The first-order chi connectivity index (χ1) is 7.35. The molecule has 1 aromatic rings. The Kier molecular flexibility index (Phi) is 5.69. The Balaban J connectivity index is 0.00000128. The van der Waals surface area contributed by atoms with Gasteiger partial charge in [-0.15, -0.1) is 18.1 Å². The number of benzene rings is 1. The molecule has 1 aromatic carbocycles. The zero-order chi connectivity index (χ0) is 10.7. The summed E-state index contributed by atoms with van der Waals surface area (Å²) in [5, 5.41) is 0. The SMILES string of the molecule is CCCc1cc2c(cc1CCC)C[C-]=C2.[Zr]. The monoisotopic (exact) mass is 289 g/mol. The van der Waals surface area contributed by atoms with Gasteiger partial charge in [-0.25, -0.2) is 6.08 Å². The van der Waals surface area contributed by atoms with E-state index in [1.165, 1.54) is 36.8 Å². The van der Waals surface area contributed by atoms with Gasteiger partial charge in [0.15, 0.2) is 0 Å². The summed E-state index contributed by atoms with van der Waals surface area (Å²) in [5.41, 5.74) is 5.99. The molecule has 0 spiro atoms. The number of allylic oxidation sites excluding steroid dienone is 1. The van der Waals surface area contributed by atoms with Crippen molar-refractivity contribution in [3.05, 3.63) is 40.5 Å². The molecule has 16 heavy (non-hydrogen) atoms. The Hall–Kier alpha value is -0.157.